The van der Waals surface area contributed by atoms with Crippen LogP contribution in [0.3, 0.4) is 0 Å². The second-order valence-electron chi connectivity index (χ2n) is 3.77. The maximum Gasteiger partial charge on any atom is 0.138 e. The van der Waals surface area contributed by atoms with Gasteiger partial charge in [-0.15, -0.1) is 0 Å². The van der Waals surface area contributed by atoms with Crippen LogP contribution in [0.25, 0.3) is 0 Å². The molecular weight excluding hydrogens is 259 g/mol. The number of rotatable bonds is 3. The lowest BCUT2D eigenvalue weighted by Crippen LogP contribution is -2.27. The van der Waals surface area contributed by atoms with E-state index in [1.165, 1.54) is 18.7 Å². The fraction of sp³-hybridized carbons (Fsp3) is 0.364. The summed E-state index contributed by atoms with van der Waals surface area (Å²) in [5.41, 5.74) is 1.44. The van der Waals surface area contributed by atoms with Gasteiger partial charge in [-0.05, 0) is 47.3 Å². The number of hydrogen-bond donors (Lipinski definition) is 2. The molecule has 0 unspecified atom stereocenters. The van der Waals surface area contributed by atoms with E-state index in [-0.39, 0.29) is 5.82 Å². The van der Waals surface area contributed by atoms with Crippen molar-refractivity contribution in [1.29, 1.82) is 5.41 Å². The third-order valence-corrected chi connectivity index (χ3v) is 3.32. The van der Waals surface area contributed by atoms with Crippen LogP contribution in [0.5, 0.6) is 0 Å². The summed E-state index contributed by atoms with van der Waals surface area (Å²) in [5.74, 6) is -0.326. The lowest BCUT2D eigenvalue weighted by Gasteiger charge is -2.28. The van der Waals surface area contributed by atoms with Gasteiger partial charge in [0.2, 0.25) is 0 Å². The predicted octanol–water partition coefficient (Wildman–Crippen LogP) is 3.55. The first-order chi connectivity index (χ1) is 7.20. The number of halogens is 2. The van der Waals surface area contributed by atoms with Crippen LogP contribution in [0.15, 0.2) is 16.6 Å². The Balaban J connectivity index is 2.26. The first-order valence-electron chi connectivity index (χ1n) is 4.97. The molecule has 0 spiro atoms. The number of anilines is 1. The van der Waals surface area contributed by atoms with E-state index in [0.717, 1.165) is 18.5 Å². The molecule has 2 N–H and O–H groups in total. The molecule has 1 aromatic rings. The summed E-state index contributed by atoms with van der Waals surface area (Å²) in [5, 5.41) is 10.5. The van der Waals surface area contributed by atoms with E-state index in [1.807, 2.05) is 0 Å². The van der Waals surface area contributed by atoms with Crippen molar-refractivity contribution in [3.63, 3.8) is 0 Å². The standard InChI is InChI=1S/C11H12BrFN2/c12-9-5-11(15-8-2-1-3-8)7(6-14)4-10(9)13/h4-6,8,14-15H,1-3H2. The van der Waals surface area contributed by atoms with Crippen LogP contribution in [-0.2, 0) is 0 Å². The molecule has 2 nitrogen and oxygen atoms in total. The van der Waals surface area contributed by atoms with Crippen LogP contribution < -0.4 is 5.32 Å². The van der Waals surface area contributed by atoms with Gasteiger partial charge in [-0.25, -0.2) is 4.39 Å². The molecule has 0 amide bonds. The fourth-order valence-electron chi connectivity index (χ4n) is 1.58. The normalized spacial score (nSPS) is 15.9. The van der Waals surface area contributed by atoms with Crippen molar-refractivity contribution in [3.8, 4) is 0 Å². The van der Waals surface area contributed by atoms with Crippen molar-refractivity contribution in [1.82, 2.24) is 0 Å². The third kappa shape index (κ3) is 2.20. The lowest BCUT2D eigenvalue weighted by atomic mass is 9.92. The second-order valence-corrected chi connectivity index (χ2v) is 4.62. The second kappa shape index (κ2) is 4.31. The average Bonchev–Trinajstić information content (AvgIpc) is 2.16. The van der Waals surface area contributed by atoms with E-state index >= 15 is 0 Å². The number of benzene rings is 1. The molecule has 0 atom stereocenters. The Morgan fingerprint density at radius 3 is 2.73 bits per heavy atom. The molecule has 0 radical (unpaired) electrons. The van der Waals surface area contributed by atoms with Gasteiger partial charge in [0, 0.05) is 23.5 Å². The monoisotopic (exact) mass is 270 g/mol. The Labute approximate surface area is 96.5 Å². The van der Waals surface area contributed by atoms with Crippen molar-refractivity contribution in [2.45, 2.75) is 25.3 Å². The van der Waals surface area contributed by atoms with E-state index in [1.54, 1.807) is 6.07 Å². The third-order valence-electron chi connectivity index (χ3n) is 2.71. The van der Waals surface area contributed by atoms with Gasteiger partial charge >= 0.3 is 0 Å². The maximum absolute atomic E-state index is 13.2. The Hall–Kier alpha value is -0.900. The topological polar surface area (TPSA) is 35.9 Å². The van der Waals surface area contributed by atoms with E-state index in [0.29, 0.717) is 16.1 Å². The van der Waals surface area contributed by atoms with Crippen LogP contribution >= 0.6 is 15.9 Å². The first-order valence-corrected chi connectivity index (χ1v) is 5.76. The van der Waals surface area contributed by atoms with Crippen LogP contribution in [0.1, 0.15) is 24.8 Å². The SMILES string of the molecule is N=Cc1cc(F)c(Br)cc1NC1CCC1. The van der Waals surface area contributed by atoms with Gasteiger partial charge in [0.05, 0.1) is 4.47 Å². The van der Waals surface area contributed by atoms with E-state index in [2.05, 4.69) is 21.2 Å². The highest BCUT2D eigenvalue weighted by atomic mass is 79.9. The number of hydrogen-bond acceptors (Lipinski definition) is 2. The highest BCUT2D eigenvalue weighted by Crippen LogP contribution is 2.28. The fourth-order valence-corrected chi connectivity index (χ4v) is 1.92. The minimum atomic E-state index is -0.326. The van der Waals surface area contributed by atoms with E-state index in [9.17, 15) is 4.39 Å². The van der Waals surface area contributed by atoms with Gasteiger partial charge in [0.25, 0.3) is 0 Å². The molecule has 4 heteroatoms. The van der Waals surface area contributed by atoms with Crippen LogP contribution in [0, 0.1) is 11.2 Å². The first kappa shape index (κ1) is 10.6. The Kier molecular flexibility index (Phi) is 3.05. The molecule has 2 rings (SSSR count). The van der Waals surface area contributed by atoms with E-state index in [4.69, 9.17) is 5.41 Å². The molecule has 1 fully saturated rings. The lowest BCUT2D eigenvalue weighted by molar-refractivity contribution is 0.445. The summed E-state index contributed by atoms with van der Waals surface area (Å²) in [6.07, 6.45) is 4.75. The summed E-state index contributed by atoms with van der Waals surface area (Å²) in [4.78, 5) is 0. The van der Waals surface area contributed by atoms with E-state index < -0.39 is 0 Å². The van der Waals surface area contributed by atoms with Gasteiger partial charge in [-0.1, -0.05) is 0 Å². The van der Waals surface area contributed by atoms with Crippen molar-refractivity contribution >= 4 is 27.8 Å². The Bertz CT molecular complexity index is 388. The van der Waals surface area contributed by atoms with Crippen LogP contribution in [0.2, 0.25) is 0 Å². The van der Waals surface area contributed by atoms with Gasteiger partial charge in [0.1, 0.15) is 5.82 Å². The molecule has 0 heterocycles. The highest BCUT2D eigenvalue weighted by molar-refractivity contribution is 9.10. The molecule has 1 aromatic carbocycles. The van der Waals surface area contributed by atoms with Gasteiger partial charge in [-0.3, -0.25) is 0 Å². The zero-order chi connectivity index (χ0) is 10.8. The summed E-state index contributed by atoms with van der Waals surface area (Å²) in [6, 6.07) is 3.56. The summed E-state index contributed by atoms with van der Waals surface area (Å²) in [7, 11) is 0. The Morgan fingerprint density at radius 2 is 2.20 bits per heavy atom. The summed E-state index contributed by atoms with van der Waals surface area (Å²) >= 11 is 3.15. The molecule has 0 aromatic heterocycles. The quantitative estimate of drug-likeness (QED) is 0.810. The van der Waals surface area contributed by atoms with Crippen molar-refractivity contribution in [3.05, 3.63) is 28.0 Å². The molecule has 1 saturated carbocycles. The highest BCUT2D eigenvalue weighted by Gasteiger charge is 2.18. The zero-order valence-corrected chi connectivity index (χ0v) is 9.77. The average molecular weight is 271 g/mol. The maximum atomic E-state index is 13.2. The predicted molar refractivity (Wildman–Crippen MR) is 63.2 cm³/mol. The molecule has 0 saturated heterocycles. The molecule has 0 bridgehead atoms. The van der Waals surface area contributed by atoms with Gasteiger partial charge < -0.3 is 10.7 Å². The van der Waals surface area contributed by atoms with Gasteiger partial charge in [-0.2, -0.15) is 0 Å². The molecule has 80 valence electrons. The Morgan fingerprint density at radius 1 is 1.47 bits per heavy atom. The molecular formula is C11H12BrFN2. The minimum Gasteiger partial charge on any atom is -0.382 e. The molecule has 15 heavy (non-hydrogen) atoms. The largest absolute Gasteiger partial charge is 0.382 e. The summed E-state index contributed by atoms with van der Waals surface area (Å²) in [6.45, 7) is 0. The molecule has 1 aliphatic rings. The van der Waals surface area contributed by atoms with Crippen molar-refractivity contribution in [2.24, 2.45) is 0 Å². The van der Waals surface area contributed by atoms with Crippen molar-refractivity contribution < 1.29 is 4.39 Å². The molecule has 0 aliphatic heterocycles. The van der Waals surface area contributed by atoms with Crippen LogP contribution in [-0.4, -0.2) is 12.3 Å². The van der Waals surface area contributed by atoms with Gasteiger partial charge in [0.15, 0.2) is 0 Å². The minimum absolute atomic E-state index is 0.326. The summed E-state index contributed by atoms with van der Waals surface area (Å²) < 4.78 is 13.6. The zero-order valence-electron chi connectivity index (χ0n) is 8.19. The van der Waals surface area contributed by atoms with Crippen molar-refractivity contribution in [2.75, 3.05) is 5.32 Å². The number of nitrogens with one attached hydrogen (secondary N) is 2. The smallest absolute Gasteiger partial charge is 0.138 e. The molecule has 1 aliphatic carbocycles. The van der Waals surface area contributed by atoms with Crippen LogP contribution in [0.4, 0.5) is 10.1 Å².